The van der Waals surface area contributed by atoms with Crippen LogP contribution in [0.4, 0.5) is 11.5 Å². The first-order chi connectivity index (χ1) is 15.4. The van der Waals surface area contributed by atoms with Crippen LogP contribution in [-0.4, -0.2) is 40.8 Å². The minimum absolute atomic E-state index is 0.0790. The van der Waals surface area contributed by atoms with E-state index in [2.05, 4.69) is 67.0 Å². The summed E-state index contributed by atoms with van der Waals surface area (Å²) in [5, 5.41) is 5.46. The summed E-state index contributed by atoms with van der Waals surface area (Å²) in [5.41, 5.74) is 5.03. The fourth-order valence-corrected chi connectivity index (χ4v) is 4.50. The zero-order valence-electron chi connectivity index (χ0n) is 18.8. The molecule has 2 aromatic heterocycles. The van der Waals surface area contributed by atoms with Crippen molar-refractivity contribution in [2.24, 2.45) is 0 Å². The van der Waals surface area contributed by atoms with Crippen LogP contribution in [0.3, 0.4) is 0 Å². The molecule has 3 heterocycles. The van der Waals surface area contributed by atoms with Crippen LogP contribution in [0.15, 0.2) is 66.9 Å². The van der Waals surface area contributed by atoms with Crippen LogP contribution in [0.2, 0.25) is 5.02 Å². The number of hydrogen-bond acceptors (Lipinski definition) is 4. The Hall–Kier alpha value is -3.05. The summed E-state index contributed by atoms with van der Waals surface area (Å²) in [4.78, 5) is 9.91. The summed E-state index contributed by atoms with van der Waals surface area (Å²) in [6, 6.07) is 20.7. The van der Waals surface area contributed by atoms with E-state index >= 15 is 0 Å². The number of halogens is 1. The molecule has 4 aromatic rings. The van der Waals surface area contributed by atoms with Gasteiger partial charge in [0.25, 0.3) is 0 Å². The average Bonchev–Trinajstić information content (AvgIpc) is 3.23. The van der Waals surface area contributed by atoms with Gasteiger partial charge in [0.05, 0.1) is 11.9 Å². The minimum Gasteiger partial charge on any atom is -0.368 e. The third-order valence-corrected chi connectivity index (χ3v) is 6.44. The zero-order chi connectivity index (χ0) is 22.3. The Balaban J connectivity index is 1.55. The minimum atomic E-state index is -0.0790. The Kier molecular flexibility index (Phi) is 5.30. The van der Waals surface area contributed by atoms with E-state index in [9.17, 15) is 0 Å². The van der Waals surface area contributed by atoms with Gasteiger partial charge in [-0.1, -0.05) is 68.8 Å². The first-order valence-corrected chi connectivity index (χ1v) is 11.5. The van der Waals surface area contributed by atoms with Crippen molar-refractivity contribution in [3.05, 3.63) is 77.6 Å². The summed E-state index contributed by atoms with van der Waals surface area (Å²) in [7, 11) is 0. The third kappa shape index (κ3) is 3.82. The molecule has 0 aliphatic carbocycles. The highest BCUT2D eigenvalue weighted by Gasteiger charge is 2.25. The van der Waals surface area contributed by atoms with Gasteiger partial charge in [0.15, 0.2) is 5.65 Å². The molecule has 0 atom stereocenters. The summed E-state index contributed by atoms with van der Waals surface area (Å²) >= 11 is 6.53. The maximum absolute atomic E-state index is 6.53. The average molecular weight is 446 g/mol. The highest BCUT2D eigenvalue weighted by Crippen LogP contribution is 2.34. The van der Waals surface area contributed by atoms with Gasteiger partial charge in [-0.05, 0) is 18.2 Å². The van der Waals surface area contributed by atoms with Gasteiger partial charge in [0.1, 0.15) is 5.82 Å². The molecule has 0 amide bonds. The molecular formula is C26H28ClN5. The van der Waals surface area contributed by atoms with E-state index in [1.54, 1.807) is 0 Å². The molecule has 1 fully saturated rings. The molecule has 0 saturated carbocycles. The van der Waals surface area contributed by atoms with Gasteiger partial charge in [-0.2, -0.15) is 9.61 Å². The second kappa shape index (κ2) is 8.14. The molecule has 5 rings (SSSR count). The SMILES string of the molecule is CC(C)(C)c1cc(N2CCN(c3ccccc3)CC2)n2ncc(-c3ccccc3Cl)c2n1. The van der Waals surface area contributed by atoms with Gasteiger partial charge in [0, 0.05) is 59.5 Å². The molecule has 0 unspecified atom stereocenters. The number of benzene rings is 2. The van der Waals surface area contributed by atoms with E-state index in [4.69, 9.17) is 21.7 Å². The van der Waals surface area contributed by atoms with E-state index in [1.807, 2.05) is 35.0 Å². The summed E-state index contributed by atoms with van der Waals surface area (Å²) in [6.07, 6.45) is 1.89. The molecule has 2 aromatic carbocycles. The predicted molar refractivity (Wildman–Crippen MR) is 133 cm³/mol. The molecule has 6 heteroatoms. The molecule has 0 radical (unpaired) electrons. The van der Waals surface area contributed by atoms with Gasteiger partial charge in [-0.3, -0.25) is 0 Å². The Morgan fingerprint density at radius 3 is 2.16 bits per heavy atom. The largest absolute Gasteiger partial charge is 0.368 e. The quantitative estimate of drug-likeness (QED) is 0.407. The van der Waals surface area contributed by atoms with Gasteiger partial charge >= 0.3 is 0 Å². The lowest BCUT2D eigenvalue weighted by molar-refractivity contribution is 0.565. The van der Waals surface area contributed by atoms with Crippen molar-refractivity contribution in [3.63, 3.8) is 0 Å². The molecule has 164 valence electrons. The van der Waals surface area contributed by atoms with Crippen LogP contribution < -0.4 is 9.80 Å². The van der Waals surface area contributed by atoms with E-state index < -0.39 is 0 Å². The van der Waals surface area contributed by atoms with Crippen LogP contribution in [0.25, 0.3) is 16.8 Å². The Bertz CT molecular complexity index is 1230. The van der Waals surface area contributed by atoms with E-state index in [0.717, 1.165) is 54.5 Å². The molecule has 1 aliphatic heterocycles. The third-order valence-electron chi connectivity index (χ3n) is 6.11. The monoisotopic (exact) mass is 445 g/mol. The Labute approximate surface area is 194 Å². The number of hydrogen-bond donors (Lipinski definition) is 0. The van der Waals surface area contributed by atoms with Gasteiger partial charge in [-0.25, -0.2) is 4.98 Å². The molecule has 0 bridgehead atoms. The lowest BCUT2D eigenvalue weighted by atomic mass is 9.91. The highest BCUT2D eigenvalue weighted by atomic mass is 35.5. The van der Waals surface area contributed by atoms with Crippen LogP contribution in [0, 0.1) is 0 Å². The van der Waals surface area contributed by atoms with Crippen molar-refractivity contribution in [2.75, 3.05) is 36.0 Å². The van der Waals surface area contributed by atoms with Crippen LogP contribution in [0.1, 0.15) is 26.5 Å². The Morgan fingerprint density at radius 2 is 1.47 bits per heavy atom. The maximum Gasteiger partial charge on any atom is 0.165 e. The smallest absolute Gasteiger partial charge is 0.165 e. The van der Waals surface area contributed by atoms with Crippen molar-refractivity contribution in [1.29, 1.82) is 0 Å². The number of piperazine rings is 1. The first kappa shape index (κ1) is 20.8. The van der Waals surface area contributed by atoms with Crippen molar-refractivity contribution < 1.29 is 0 Å². The number of anilines is 2. The standard InChI is InChI=1S/C26H28ClN5/c1-26(2,3)23-17-24(31-15-13-30(14-16-31)19-9-5-4-6-10-19)32-25(29-23)21(18-28-32)20-11-7-8-12-22(20)27/h4-12,17-18H,13-16H2,1-3H3. The van der Waals surface area contributed by atoms with Gasteiger partial charge in [0.2, 0.25) is 0 Å². The van der Waals surface area contributed by atoms with Crippen molar-refractivity contribution in [3.8, 4) is 11.1 Å². The van der Waals surface area contributed by atoms with Gasteiger partial charge in [-0.15, -0.1) is 0 Å². The summed E-state index contributed by atoms with van der Waals surface area (Å²) in [5.74, 6) is 1.09. The lowest BCUT2D eigenvalue weighted by Gasteiger charge is -2.37. The van der Waals surface area contributed by atoms with E-state index in [0.29, 0.717) is 5.02 Å². The van der Waals surface area contributed by atoms with Crippen molar-refractivity contribution >= 4 is 28.8 Å². The topological polar surface area (TPSA) is 36.7 Å². The van der Waals surface area contributed by atoms with Crippen LogP contribution in [0.5, 0.6) is 0 Å². The second-order valence-electron chi connectivity index (χ2n) is 9.33. The molecule has 5 nitrogen and oxygen atoms in total. The first-order valence-electron chi connectivity index (χ1n) is 11.1. The number of para-hydroxylation sites is 1. The normalized spacial score (nSPS) is 14.9. The molecular weight excluding hydrogens is 418 g/mol. The van der Waals surface area contributed by atoms with Crippen LogP contribution >= 0.6 is 11.6 Å². The maximum atomic E-state index is 6.53. The number of fused-ring (bicyclic) bond motifs is 1. The molecule has 0 spiro atoms. The van der Waals surface area contributed by atoms with E-state index in [1.165, 1.54) is 5.69 Å². The fraction of sp³-hybridized carbons (Fsp3) is 0.308. The van der Waals surface area contributed by atoms with Crippen LogP contribution in [-0.2, 0) is 5.41 Å². The lowest BCUT2D eigenvalue weighted by Crippen LogP contribution is -2.47. The van der Waals surface area contributed by atoms with Crippen molar-refractivity contribution in [1.82, 2.24) is 14.6 Å². The van der Waals surface area contributed by atoms with Gasteiger partial charge < -0.3 is 9.80 Å². The predicted octanol–water partition coefficient (Wildman–Crippen LogP) is 5.67. The molecule has 1 saturated heterocycles. The second-order valence-corrected chi connectivity index (χ2v) is 9.74. The number of rotatable bonds is 3. The number of nitrogens with zero attached hydrogens (tertiary/aromatic N) is 5. The number of aromatic nitrogens is 3. The fourth-order valence-electron chi connectivity index (χ4n) is 4.26. The zero-order valence-corrected chi connectivity index (χ0v) is 19.5. The van der Waals surface area contributed by atoms with Crippen molar-refractivity contribution in [2.45, 2.75) is 26.2 Å². The molecule has 1 aliphatic rings. The van der Waals surface area contributed by atoms with E-state index in [-0.39, 0.29) is 5.41 Å². The molecule has 0 N–H and O–H groups in total. The Morgan fingerprint density at radius 1 is 0.812 bits per heavy atom. The molecule has 32 heavy (non-hydrogen) atoms. The summed E-state index contributed by atoms with van der Waals surface area (Å²) in [6.45, 7) is 10.4. The summed E-state index contributed by atoms with van der Waals surface area (Å²) < 4.78 is 1.98. The highest BCUT2D eigenvalue weighted by molar-refractivity contribution is 6.33.